The van der Waals surface area contributed by atoms with Gasteiger partial charge in [0.25, 0.3) is 0 Å². The Morgan fingerprint density at radius 1 is 1.25 bits per heavy atom. The van der Waals surface area contributed by atoms with E-state index >= 15 is 0 Å². The van der Waals surface area contributed by atoms with Gasteiger partial charge >= 0.3 is 0 Å². The van der Waals surface area contributed by atoms with Gasteiger partial charge in [0, 0.05) is 13.1 Å². The van der Waals surface area contributed by atoms with Crippen LogP contribution in [-0.4, -0.2) is 36.2 Å². The number of likely N-dealkylation sites (tertiary alicyclic amines) is 1. The predicted octanol–water partition coefficient (Wildman–Crippen LogP) is 2.39. The highest BCUT2D eigenvalue weighted by atomic mass is 16.3. The third kappa shape index (κ3) is 4.89. The second kappa shape index (κ2) is 8.40. The Morgan fingerprint density at radius 2 is 2.00 bits per heavy atom. The summed E-state index contributed by atoms with van der Waals surface area (Å²) < 4.78 is 0. The lowest BCUT2D eigenvalue weighted by molar-refractivity contribution is 0.165. The van der Waals surface area contributed by atoms with Crippen molar-refractivity contribution in [3.05, 3.63) is 35.4 Å². The minimum absolute atomic E-state index is 0.134. The predicted molar refractivity (Wildman–Crippen MR) is 83.5 cm³/mol. The Bertz CT molecular complexity index is 377. The number of nitrogens with zero attached hydrogens (tertiary/aromatic N) is 1. The van der Waals surface area contributed by atoms with Crippen molar-refractivity contribution in [2.45, 2.75) is 39.3 Å². The molecule has 1 aliphatic rings. The van der Waals surface area contributed by atoms with Gasteiger partial charge in [-0.05, 0) is 55.9 Å². The van der Waals surface area contributed by atoms with Gasteiger partial charge in [0.15, 0.2) is 0 Å². The van der Waals surface area contributed by atoms with Crippen LogP contribution in [0.15, 0.2) is 24.3 Å². The average molecular weight is 276 g/mol. The molecule has 0 bridgehead atoms. The lowest BCUT2D eigenvalue weighted by Crippen LogP contribution is -2.39. The SMILES string of the molecule is CCCNCC1CCCN(Cc2ccc(CO)cc2)C1. The molecule has 3 heteroatoms. The van der Waals surface area contributed by atoms with E-state index in [9.17, 15) is 0 Å². The molecule has 0 aliphatic carbocycles. The number of nitrogens with one attached hydrogen (secondary N) is 1. The molecule has 0 aromatic heterocycles. The van der Waals surface area contributed by atoms with Crippen molar-refractivity contribution in [3.8, 4) is 0 Å². The summed E-state index contributed by atoms with van der Waals surface area (Å²) in [6.07, 6.45) is 3.89. The lowest BCUT2D eigenvalue weighted by atomic mass is 9.97. The number of benzene rings is 1. The maximum atomic E-state index is 9.07. The molecule has 1 unspecified atom stereocenters. The molecular weight excluding hydrogens is 248 g/mol. The minimum Gasteiger partial charge on any atom is -0.392 e. The van der Waals surface area contributed by atoms with Crippen LogP contribution < -0.4 is 5.32 Å². The first kappa shape index (κ1) is 15.5. The van der Waals surface area contributed by atoms with E-state index in [1.165, 1.54) is 37.9 Å². The van der Waals surface area contributed by atoms with Gasteiger partial charge < -0.3 is 10.4 Å². The molecule has 1 aromatic rings. The van der Waals surface area contributed by atoms with Gasteiger partial charge in [-0.15, -0.1) is 0 Å². The lowest BCUT2D eigenvalue weighted by Gasteiger charge is -2.33. The maximum Gasteiger partial charge on any atom is 0.0681 e. The molecule has 1 aromatic carbocycles. The first-order chi connectivity index (χ1) is 9.81. The fourth-order valence-electron chi connectivity index (χ4n) is 2.95. The molecule has 0 saturated carbocycles. The van der Waals surface area contributed by atoms with Crippen LogP contribution in [0.1, 0.15) is 37.3 Å². The average Bonchev–Trinajstić information content (AvgIpc) is 2.49. The summed E-state index contributed by atoms with van der Waals surface area (Å²) in [6.45, 7) is 8.11. The number of hydrogen-bond acceptors (Lipinski definition) is 3. The van der Waals surface area contributed by atoms with Crippen molar-refractivity contribution in [1.29, 1.82) is 0 Å². The summed E-state index contributed by atoms with van der Waals surface area (Å²) in [5, 5.41) is 12.6. The van der Waals surface area contributed by atoms with E-state index in [1.54, 1.807) is 0 Å². The third-order valence-electron chi connectivity index (χ3n) is 4.07. The molecule has 0 radical (unpaired) electrons. The van der Waals surface area contributed by atoms with Gasteiger partial charge in [-0.25, -0.2) is 0 Å². The van der Waals surface area contributed by atoms with Gasteiger partial charge in [-0.2, -0.15) is 0 Å². The van der Waals surface area contributed by atoms with Gasteiger partial charge in [0.2, 0.25) is 0 Å². The highest BCUT2D eigenvalue weighted by molar-refractivity contribution is 5.21. The number of aliphatic hydroxyl groups is 1. The smallest absolute Gasteiger partial charge is 0.0681 e. The van der Waals surface area contributed by atoms with E-state index in [1.807, 2.05) is 12.1 Å². The van der Waals surface area contributed by atoms with Gasteiger partial charge in [0.1, 0.15) is 0 Å². The molecule has 1 aliphatic heterocycles. The zero-order chi connectivity index (χ0) is 14.2. The van der Waals surface area contributed by atoms with E-state index in [2.05, 4.69) is 29.3 Å². The van der Waals surface area contributed by atoms with Crippen LogP contribution in [-0.2, 0) is 13.2 Å². The van der Waals surface area contributed by atoms with Crippen LogP contribution in [0.2, 0.25) is 0 Å². The standard InChI is InChI=1S/C17H28N2O/c1-2-9-18-11-17-4-3-10-19(13-17)12-15-5-7-16(14-20)8-6-15/h5-8,17-18,20H,2-4,9-14H2,1H3. The van der Waals surface area contributed by atoms with Crippen molar-refractivity contribution in [2.24, 2.45) is 5.92 Å². The number of aliphatic hydroxyl groups excluding tert-OH is 1. The molecule has 2 rings (SSSR count). The highest BCUT2D eigenvalue weighted by Crippen LogP contribution is 2.18. The molecule has 20 heavy (non-hydrogen) atoms. The summed E-state index contributed by atoms with van der Waals surface area (Å²) in [7, 11) is 0. The first-order valence-electron chi connectivity index (χ1n) is 7.93. The fourth-order valence-corrected chi connectivity index (χ4v) is 2.95. The first-order valence-corrected chi connectivity index (χ1v) is 7.93. The van der Waals surface area contributed by atoms with Crippen molar-refractivity contribution in [1.82, 2.24) is 10.2 Å². The number of piperidine rings is 1. The van der Waals surface area contributed by atoms with Crippen LogP contribution in [0.3, 0.4) is 0 Å². The summed E-state index contributed by atoms with van der Waals surface area (Å²) >= 11 is 0. The normalized spacial score (nSPS) is 20.2. The second-order valence-electron chi connectivity index (χ2n) is 5.92. The van der Waals surface area contributed by atoms with E-state index in [0.29, 0.717) is 0 Å². The van der Waals surface area contributed by atoms with Crippen LogP contribution in [0, 0.1) is 5.92 Å². The van der Waals surface area contributed by atoms with Gasteiger partial charge in [0.05, 0.1) is 6.61 Å². The zero-order valence-corrected chi connectivity index (χ0v) is 12.6. The van der Waals surface area contributed by atoms with E-state index in [0.717, 1.165) is 31.1 Å². The quantitative estimate of drug-likeness (QED) is 0.751. The second-order valence-corrected chi connectivity index (χ2v) is 5.92. The third-order valence-corrected chi connectivity index (χ3v) is 4.07. The monoisotopic (exact) mass is 276 g/mol. The van der Waals surface area contributed by atoms with Crippen molar-refractivity contribution < 1.29 is 5.11 Å². The Kier molecular flexibility index (Phi) is 6.51. The van der Waals surface area contributed by atoms with Crippen molar-refractivity contribution in [2.75, 3.05) is 26.2 Å². The molecular formula is C17H28N2O. The minimum atomic E-state index is 0.134. The summed E-state index contributed by atoms with van der Waals surface area (Å²) in [4.78, 5) is 2.57. The Morgan fingerprint density at radius 3 is 2.70 bits per heavy atom. The van der Waals surface area contributed by atoms with E-state index in [-0.39, 0.29) is 6.61 Å². The van der Waals surface area contributed by atoms with Crippen LogP contribution in [0.5, 0.6) is 0 Å². The number of rotatable bonds is 7. The van der Waals surface area contributed by atoms with E-state index in [4.69, 9.17) is 5.11 Å². The number of hydrogen-bond donors (Lipinski definition) is 2. The van der Waals surface area contributed by atoms with E-state index < -0.39 is 0 Å². The molecule has 2 N–H and O–H groups in total. The van der Waals surface area contributed by atoms with Crippen LogP contribution >= 0.6 is 0 Å². The largest absolute Gasteiger partial charge is 0.392 e. The Labute approximate surface area is 123 Å². The highest BCUT2D eigenvalue weighted by Gasteiger charge is 2.19. The Hall–Kier alpha value is -0.900. The molecule has 3 nitrogen and oxygen atoms in total. The summed E-state index contributed by atoms with van der Waals surface area (Å²) in [5.41, 5.74) is 2.35. The molecule has 0 spiro atoms. The van der Waals surface area contributed by atoms with Crippen molar-refractivity contribution in [3.63, 3.8) is 0 Å². The van der Waals surface area contributed by atoms with Gasteiger partial charge in [-0.1, -0.05) is 31.2 Å². The molecule has 1 saturated heterocycles. The zero-order valence-electron chi connectivity index (χ0n) is 12.6. The van der Waals surface area contributed by atoms with Gasteiger partial charge in [-0.3, -0.25) is 4.90 Å². The molecule has 1 atom stereocenters. The summed E-state index contributed by atoms with van der Waals surface area (Å²) in [5.74, 6) is 0.798. The molecule has 0 amide bonds. The van der Waals surface area contributed by atoms with Crippen LogP contribution in [0.4, 0.5) is 0 Å². The van der Waals surface area contributed by atoms with Crippen LogP contribution in [0.25, 0.3) is 0 Å². The molecule has 1 heterocycles. The summed E-state index contributed by atoms with van der Waals surface area (Å²) in [6, 6.07) is 8.34. The fraction of sp³-hybridized carbons (Fsp3) is 0.647. The topological polar surface area (TPSA) is 35.5 Å². The maximum absolute atomic E-state index is 9.07. The molecule has 1 fully saturated rings. The van der Waals surface area contributed by atoms with Crippen molar-refractivity contribution >= 4 is 0 Å². The molecule has 112 valence electrons. The Balaban J connectivity index is 1.79.